The summed E-state index contributed by atoms with van der Waals surface area (Å²) in [6.07, 6.45) is 6.50. The number of carbonyl (C=O) groups is 2. The molecule has 3 aromatic rings. The molecule has 34 heavy (non-hydrogen) atoms. The third kappa shape index (κ3) is 3.88. The van der Waals surface area contributed by atoms with E-state index in [1.165, 1.54) is 16.5 Å². The van der Waals surface area contributed by atoms with Crippen molar-refractivity contribution in [3.63, 3.8) is 0 Å². The summed E-state index contributed by atoms with van der Waals surface area (Å²) in [5.41, 5.74) is 1.77. The van der Waals surface area contributed by atoms with Gasteiger partial charge in [-0.25, -0.2) is 14.2 Å². The highest BCUT2D eigenvalue weighted by Crippen LogP contribution is 2.39. The standard InChI is InChI=1S/C26H28FN5O2/c1-2-31-24(33)26(32(25(31)34)18-21-5-3-4-6-23(21)27)11-14-29(15-12-26)17-20-7-9-22(10-8-20)30-16-13-28-19-30/h3-10,13,16,19H,2,11-12,14-15,17-18H2,1H3. The fourth-order valence-corrected chi connectivity index (χ4v) is 5.09. The van der Waals surface area contributed by atoms with E-state index >= 15 is 0 Å². The SMILES string of the molecule is CCN1C(=O)N(Cc2ccccc2F)C2(CCN(Cc3ccc(-n4ccnc4)cc3)CC2)C1=O. The van der Waals surface area contributed by atoms with Crippen LogP contribution < -0.4 is 0 Å². The molecule has 3 heterocycles. The quantitative estimate of drug-likeness (QED) is 0.524. The van der Waals surface area contributed by atoms with E-state index in [0.717, 1.165) is 12.2 Å². The zero-order valence-electron chi connectivity index (χ0n) is 19.2. The van der Waals surface area contributed by atoms with E-state index < -0.39 is 5.54 Å². The van der Waals surface area contributed by atoms with E-state index in [2.05, 4.69) is 34.1 Å². The minimum absolute atomic E-state index is 0.101. The molecule has 1 aromatic heterocycles. The molecule has 176 valence electrons. The summed E-state index contributed by atoms with van der Waals surface area (Å²) in [4.78, 5) is 35.8. The number of urea groups is 1. The number of piperidine rings is 1. The Morgan fingerprint density at radius 1 is 1.00 bits per heavy atom. The van der Waals surface area contributed by atoms with Crippen molar-refractivity contribution in [3.8, 4) is 5.69 Å². The van der Waals surface area contributed by atoms with Crippen LogP contribution in [-0.2, 0) is 17.9 Å². The van der Waals surface area contributed by atoms with E-state index in [4.69, 9.17) is 0 Å². The Bertz CT molecular complexity index is 1170. The maximum atomic E-state index is 14.4. The van der Waals surface area contributed by atoms with Gasteiger partial charge in [0, 0.05) is 49.8 Å². The molecule has 2 saturated heterocycles. The van der Waals surface area contributed by atoms with Crippen LogP contribution in [0.2, 0.25) is 0 Å². The number of hydrogen-bond donors (Lipinski definition) is 0. The van der Waals surface area contributed by atoms with E-state index in [1.54, 1.807) is 42.5 Å². The first-order chi connectivity index (χ1) is 16.5. The Balaban J connectivity index is 1.30. The van der Waals surface area contributed by atoms with Crippen molar-refractivity contribution in [2.24, 2.45) is 0 Å². The van der Waals surface area contributed by atoms with Crippen molar-refractivity contribution < 1.29 is 14.0 Å². The van der Waals surface area contributed by atoms with Crippen molar-refractivity contribution in [1.82, 2.24) is 24.3 Å². The van der Waals surface area contributed by atoms with E-state index in [-0.39, 0.29) is 24.3 Å². The average Bonchev–Trinajstić information content (AvgIpc) is 3.45. The zero-order chi connectivity index (χ0) is 23.7. The summed E-state index contributed by atoms with van der Waals surface area (Å²) in [6, 6.07) is 14.5. The minimum Gasteiger partial charge on any atom is -0.306 e. The van der Waals surface area contributed by atoms with Crippen LogP contribution in [0.5, 0.6) is 0 Å². The molecular formula is C26H28FN5O2. The number of likely N-dealkylation sites (tertiary alicyclic amines) is 1. The number of aromatic nitrogens is 2. The number of imide groups is 1. The molecule has 7 nitrogen and oxygen atoms in total. The summed E-state index contributed by atoms with van der Waals surface area (Å²) in [6.45, 7) is 4.37. The monoisotopic (exact) mass is 461 g/mol. The summed E-state index contributed by atoms with van der Waals surface area (Å²) in [5.74, 6) is -0.509. The fraction of sp³-hybridized carbons (Fsp3) is 0.346. The molecule has 3 amide bonds. The summed E-state index contributed by atoms with van der Waals surface area (Å²) >= 11 is 0. The molecule has 2 aliphatic rings. The molecule has 8 heteroatoms. The first kappa shape index (κ1) is 22.3. The smallest absolute Gasteiger partial charge is 0.306 e. The molecule has 1 spiro atoms. The van der Waals surface area contributed by atoms with E-state index in [1.807, 2.05) is 10.8 Å². The Hall–Kier alpha value is -3.52. The van der Waals surface area contributed by atoms with Crippen molar-refractivity contribution in [1.29, 1.82) is 0 Å². The Morgan fingerprint density at radius 3 is 2.38 bits per heavy atom. The van der Waals surface area contributed by atoms with Crippen molar-refractivity contribution >= 4 is 11.9 Å². The lowest BCUT2D eigenvalue weighted by Gasteiger charge is -2.42. The molecule has 5 rings (SSSR count). The molecule has 0 radical (unpaired) electrons. The van der Waals surface area contributed by atoms with Crippen molar-refractivity contribution in [3.05, 3.63) is 84.2 Å². The molecule has 2 fully saturated rings. The maximum absolute atomic E-state index is 14.4. The molecule has 2 aromatic carbocycles. The van der Waals surface area contributed by atoms with E-state index in [9.17, 15) is 14.0 Å². The third-order valence-corrected chi connectivity index (χ3v) is 7.05. The van der Waals surface area contributed by atoms with Gasteiger partial charge in [0.1, 0.15) is 11.4 Å². The minimum atomic E-state index is -0.906. The van der Waals surface area contributed by atoms with Crippen LogP contribution in [0.3, 0.4) is 0 Å². The van der Waals surface area contributed by atoms with Crippen LogP contribution in [0.15, 0.2) is 67.3 Å². The fourth-order valence-electron chi connectivity index (χ4n) is 5.09. The lowest BCUT2D eigenvalue weighted by molar-refractivity contribution is -0.135. The number of carbonyl (C=O) groups excluding carboxylic acids is 2. The number of likely N-dealkylation sites (N-methyl/N-ethyl adjacent to an activating group) is 1. The summed E-state index contributed by atoms with van der Waals surface area (Å²) in [5, 5.41) is 0. The normalized spacial score (nSPS) is 18.3. The van der Waals surface area contributed by atoms with Crippen LogP contribution in [0.4, 0.5) is 9.18 Å². The predicted octanol–water partition coefficient (Wildman–Crippen LogP) is 3.83. The first-order valence-corrected chi connectivity index (χ1v) is 11.7. The van der Waals surface area contributed by atoms with Gasteiger partial charge >= 0.3 is 6.03 Å². The van der Waals surface area contributed by atoms with Crippen LogP contribution in [0.1, 0.15) is 30.9 Å². The van der Waals surface area contributed by atoms with Gasteiger partial charge < -0.3 is 9.47 Å². The molecule has 0 saturated carbocycles. The van der Waals surface area contributed by atoms with Gasteiger partial charge in [0.25, 0.3) is 5.91 Å². The Kier molecular flexibility index (Phi) is 5.91. The molecule has 0 N–H and O–H groups in total. The van der Waals surface area contributed by atoms with Gasteiger partial charge in [-0.05, 0) is 43.5 Å². The van der Waals surface area contributed by atoms with E-state index in [0.29, 0.717) is 38.0 Å². The van der Waals surface area contributed by atoms with Gasteiger partial charge in [0.05, 0.1) is 12.9 Å². The second kappa shape index (κ2) is 9.02. The van der Waals surface area contributed by atoms with Crippen LogP contribution in [-0.4, -0.2) is 61.4 Å². The number of nitrogens with zero attached hydrogens (tertiary/aromatic N) is 5. The van der Waals surface area contributed by atoms with Gasteiger partial charge in [0.2, 0.25) is 0 Å². The number of halogens is 1. The highest BCUT2D eigenvalue weighted by Gasteiger charge is 2.57. The lowest BCUT2D eigenvalue weighted by Crippen LogP contribution is -2.56. The molecule has 0 atom stereocenters. The second-order valence-electron chi connectivity index (χ2n) is 8.95. The highest BCUT2D eigenvalue weighted by molar-refractivity contribution is 6.07. The number of imidazole rings is 1. The summed E-state index contributed by atoms with van der Waals surface area (Å²) < 4.78 is 16.3. The molecule has 0 unspecified atom stereocenters. The molecule has 0 bridgehead atoms. The molecule has 2 aliphatic heterocycles. The van der Waals surface area contributed by atoms with Gasteiger partial charge in [-0.3, -0.25) is 14.6 Å². The first-order valence-electron chi connectivity index (χ1n) is 11.7. The molecule has 0 aliphatic carbocycles. The average molecular weight is 462 g/mol. The van der Waals surface area contributed by atoms with Crippen molar-refractivity contribution in [2.75, 3.05) is 19.6 Å². The third-order valence-electron chi connectivity index (χ3n) is 7.05. The zero-order valence-corrected chi connectivity index (χ0v) is 19.2. The van der Waals surface area contributed by atoms with Gasteiger partial charge in [-0.15, -0.1) is 0 Å². The van der Waals surface area contributed by atoms with Gasteiger partial charge in [-0.2, -0.15) is 0 Å². The highest BCUT2D eigenvalue weighted by atomic mass is 19.1. The Morgan fingerprint density at radius 2 is 1.74 bits per heavy atom. The number of benzene rings is 2. The topological polar surface area (TPSA) is 61.7 Å². The van der Waals surface area contributed by atoms with Gasteiger partial charge in [0.15, 0.2) is 0 Å². The van der Waals surface area contributed by atoms with Crippen LogP contribution in [0.25, 0.3) is 5.69 Å². The predicted molar refractivity (Wildman–Crippen MR) is 126 cm³/mol. The molecular weight excluding hydrogens is 433 g/mol. The summed E-state index contributed by atoms with van der Waals surface area (Å²) in [7, 11) is 0. The van der Waals surface area contributed by atoms with Crippen molar-refractivity contribution in [2.45, 2.75) is 38.4 Å². The number of hydrogen-bond acceptors (Lipinski definition) is 4. The Labute approximate surface area is 198 Å². The van der Waals surface area contributed by atoms with Gasteiger partial charge in [-0.1, -0.05) is 30.3 Å². The maximum Gasteiger partial charge on any atom is 0.327 e. The second-order valence-corrected chi connectivity index (χ2v) is 8.95. The van der Waals surface area contributed by atoms with Crippen LogP contribution >= 0.6 is 0 Å². The number of rotatable bonds is 6. The lowest BCUT2D eigenvalue weighted by atomic mass is 9.85. The number of amides is 3. The largest absolute Gasteiger partial charge is 0.327 e. The van der Waals surface area contributed by atoms with Crippen LogP contribution in [0, 0.1) is 5.82 Å².